The molecule has 3 nitrogen and oxygen atoms in total. The zero-order valence-corrected chi connectivity index (χ0v) is 9.06. The van der Waals surface area contributed by atoms with E-state index in [0.717, 1.165) is 10.9 Å². The van der Waals surface area contributed by atoms with Crippen LogP contribution in [0.4, 0.5) is 0 Å². The molecule has 78 valence electrons. The summed E-state index contributed by atoms with van der Waals surface area (Å²) in [4.78, 5) is 14.6. The predicted molar refractivity (Wildman–Crippen MR) is 61.3 cm³/mol. The number of H-pyrrole nitrogens is 1. The third kappa shape index (κ3) is 1.83. The second-order valence-corrected chi connectivity index (χ2v) is 3.66. The number of aromatic amines is 1. The fraction of sp³-hybridized carbons (Fsp3) is 0.182. The first-order valence-electron chi connectivity index (χ1n) is 4.77. The van der Waals surface area contributed by atoms with Gasteiger partial charge < -0.3 is 10.3 Å². The van der Waals surface area contributed by atoms with Gasteiger partial charge in [0.2, 0.25) is 0 Å². The van der Waals surface area contributed by atoms with Crippen LogP contribution >= 0.6 is 11.6 Å². The highest BCUT2D eigenvalue weighted by molar-refractivity contribution is 6.35. The van der Waals surface area contributed by atoms with Crippen molar-refractivity contribution < 1.29 is 4.79 Å². The SMILES string of the molecule is CCNC(=O)c1ccc2c(Cl)c[nH]c2c1. The van der Waals surface area contributed by atoms with Gasteiger partial charge in [0.25, 0.3) is 5.91 Å². The van der Waals surface area contributed by atoms with Crippen molar-refractivity contribution in [2.24, 2.45) is 0 Å². The van der Waals surface area contributed by atoms with Gasteiger partial charge >= 0.3 is 0 Å². The lowest BCUT2D eigenvalue weighted by molar-refractivity contribution is 0.0956. The van der Waals surface area contributed by atoms with Crippen LogP contribution in [0, 0.1) is 0 Å². The van der Waals surface area contributed by atoms with Gasteiger partial charge in [-0.3, -0.25) is 4.79 Å². The fourth-order valence-electron chi connectivity index (χ4n) is 1.49. The first kappa shape index (κ1) is 10.1. The molecule has 15 heavy (non-hydrogen) atoms. The van der Waals surface area contributed by atoms with E-state index < -0.39 is 0 Å². The Labute approximate surface area is 92.4 Å². The Morgan fingerprint density at radius 2 is 2.33 bits per heavy atom. The van der Waals surface area contributed by atoms with Crippen LogP contribution in [0.2, 0.25) is 5.02 Å². The van der Waals surface area contributed by atoms with Gasteiger partial charge in [-0.15, -0.1) is 0 Å². The summed E-state index contributed by atoms with van der Waals surface area (Å²) < 4.78 is 0. The fourth-order valence-corrected chi connectivity index (χ4v) is 1.71. The Bertz CT molecular complexity index is 504. The highest BCUT2D eigenvalue weighted by Crippen LogP contribution is 2.23. The summed E-state index contributed by atoms with van der Waals surface area (Å²) in [7, 11) is 0. The number of aromatic nitrogens is 1. The number of amides is 1. The number of hydrogen-bond acceptors (Lipinski definition) is 1. The second kappa shape index (κ2) is 3.95. The maximum Gasteiger partial charge on any atom is 0.251 e. The Kier molecular flexibility index (Phi) is 2.64. The molecule has 0 saturated carbocycles. The van der Waals surface area contributed by atoms with E-state index in [4.69, 9.17) is 11.6 Å². The lowest BCUT2D eigenvalue weighted by Gasteiger charge is -2.01. The van der Waals surface area contributed by atoms with Gasteiger partial charge in [-0.1, -0.05) is 17.7 Å². The van der Waals surface area contributed by atoms with Crippen molar-refractivity contribution in [1.29, 1.82) is 0 Å². The third-order valence-corrected chi connectivity index (χ3v) is 2.54. The maximum absolute atomic E-state index is 11.5. The smallest absolute Gasteiger partial charge is 0.251 e. The summed E-state index contributed by atoms with van der Waals surface area (Å²) in [5.41, 5.74) is 1.52. The van der Waals surface area contributed by atoms with Crippen molar-refractivity contribution in [3.05, 3.63) is 35.0 Å². The van der Waals surface area contributed by atoms with Crippen LogP contribution in [0.5, 0.6) is 0 Å². The molecule has 2 N–H and O–H groups in total. The standard InChI is InChI=1S/C11H11ClN2O/c1-2-13-11(15)7-3-4-8-9(12)6-14-10(8)5-7/h3-6,14H,2H2,1H3,(H,13,15). The quantitative estimate of drug-likeness (QED) is 0.806. The number of halogens is 1. The molecule has 1 amide bonds. The number of rotatable bonds is 2. The molecule has 0 atom stereocenters. The van der Waals surface area contributed by atoms with E-state index in [2.05, 4.69) is 10.3 Å². The number of carbonyl (C=O) groups is 1. The molecule has 0 bridgehead atoms. The van der Waals surface area contributed by atoms with Crippen molar-refractivity contribution in [2.75, 3.05) is 6.54 Å². The van der Waals surface area contributed by atoms with Gasteiger partial charge in [-0.05, 0) is 19.1 Å². The molecule has 0 aliphatic rings. The van der Waals surface area contributed by atoms with Crippen molar-refractivity contribution in [1.82, 2.24) is 10.3 Å². The largest absolute Gasteiger partial charge is 0.360 e. The van der Waals surface area contributed by atoms with E-state index >= 15 is 0 Å². The van der Waals surface area contributed by atoms with Gasteiger partial charge in [-0.25, -0.2) is 0 Å². The molecule has 1 aromatic heterocycles. The predicted octanol–water partition coefficient (Wildman–Crippen LogP) is 2.57. The molecule has 0 spiro atoms. The van der Waals surface area contributed by atoms with Crippen LogP contribution in [-0.2, 0) is 0 Å². The third-order valence-electron chi connectivity index (χ3n) is 2.23. The summed E-state index contributed by atoms with van der Waals surface area (Å²) in [5.74, 6) is -0.0647. The van der Waals surface area contributed by atoms with Crippen LogP contribution in [0.15, 0.2) is 24.4 Å². The molecule has 0 aliphatic carbocycles. The Morgan fingerprint density at radius 3 is 3.07 bits per heavy atom. The van der Waals surface area contributed by atoms with Crippen LogP contribution in [0.25, 0.3) is 10.9 Å². The van der Waals surface area contributed by atoms with E-state index in [9.17, 15) is 4.79 Å². The number of fused-ring (bicyclic) bond motifs is 1. The summed E-state index contributed by atoms with van der Waals surface area (Å²) in [5, 5.41) is 4.36. The molecule has 0 unspecified atom stereocenters. The van der Waals surface area contributed by atoms with E-state index in [0.29, 0.717) is 17.1 Å². The molecule has 1 aromatic carbocycles. The monoisotopic (exact) mass is 222 g/mol. The number of benzene rings is 1. The first-order chi connectivity index (χ1) is 7.22. The lowest BCUT2D eigenvalue weighted by Crippen LogP contribution is -2.22. The van der Waals surface area contributed by atoms with E-state index in [1.54, 1.807) is 18.3 Å². The van der Waals surface area contributed by atoms with Gasteiger partial charge in [0.1, 0.15) is 0 Å². The summed E-state index contributed by atoms with van der Waals surface area (Å²) >= 11 is 5.93. The van der Waals surface area contributed by atoms with Gasteiger partial charge in [-0.2, -0.15) is 0 Å². The molecule has 4 heteroatoms. The molecule has 2 rings (SSSR count). The average molecular weight is 223 g/mol. The zero-order valence-electron chi connectivity index (χ0n) is 8.30. The van der Waals surface area contributed by atoms with E-state index in [-0.39, 0.29) is 5.91 Å². The molecular weight excluding hydrogens is 212 g/mol. The van der Waals surface area contributed by atoms with Gasteiger partial charge in [0.05, 0.1) is 5.02 Å². The molecule has 0 aliphatic heterocycles. The molecule has 2 aromatic rings. The number of carbonyl (C=O) groups excluding carboxylic acids is 1. The van der Waals surface area contributed by atoms with Crippen molar-refractivity contribution in [3.8, 4) is 0 Å². The van der Waals surface area contributed by atoms with E-state index in [1.165, 1.54) is 0 Å². The Morgan fingerprint density at radius 1 is 1.53 bits per heavy atom. The highest BCUT2D eigenvalue weighted by atomic mass is 35.5. The summed E-state index contributed by atoms with van der Waals surface area (Å²) in [6.45, 7) is 2.52. The summed E-state index contributed by atoms with van der Waals surface area (Å²) in [6, 6.07) is 5.41. The lowest BCUT2D eigenvalue weighted by atomic mass is 10.1. The Hall–Kier alpha value is -1.48. The molecule has 0 fully saturated rings. The van der Waals surface area contributed by atoms with Crippen LogP contribution in [0.1, 0.15) is 17.3 Å². The van der Waals surface area contributed by atoms with E-state index in [1.807, 2.05) is 13.0 Å². The number of nitrogens with one attached hydrogen (secondary N) is 2. The Balaban J connectivity index is 2.43. The first-order valence-corrected chi connectivity index (χ1v) is 5.15. The normalized spacial score (nSPS) is 10.5. The van der Waals surface area contributed by atoms with Crippen molar-refractivity contribution >= 4 is 28.4 Å². The highest BCUT2D eigenvalue weighted by Gasteiger charge is 2.07. The van der Waals surface area contributed by atoms with Crippen molar-refractivity contribution in [2.45, 2.75) is 6.92 Å². The molecular formula is C11H11ClN2O. The molecule has 0 radical (unpaired) electrons. The molecule has 1 heterocycles. The van der Waals surface area contributed by atoms with Crippen LogP contribution in [0.3, 0.4) is 0 Å². The zero-order chi connectivity index (χ0) is 10.8. The minimum Gasteiger partial charge on any atom is -0.360 e. The van der Waals surface area contributed by atoms with Crippen LogP contribution in [-0.4, -0.2) is 17.4 Å². The second-order valence-electron chi connectivity index (χ2n) is 3.26. The number of hydrogen-bond donors (Lipinski definition) is 2. The summed E-state index contributed by atoms with van der Waals surface area (Å²) in [6.07, 6.45) is 1.72. The van der Waals surface area contributed by atoms with Gasteiger partial charge in [0, 0.05) is 29.2 Å². The van der Waals surface area contributed by atoms with Crippen molar-refractivity contribution in [3.63, 3.8) is 0 Å². The maximum atomic E-state index is 11.5. The van der Waals surface area contributed by atoms with Gasteiger partial charge in [0.15, 0.2) is 0 Å². The van der Waals surface area contributed by atoms with Crippen LogP contribution < -0.4 is 5.32 Å². The minimum absolute atomic E-state index is 0.0647. The average Bonchev–Trinajstić information content (AvgIpc) is 2.60. The minimum atomic E-state index is -0.0647. The molecule has 0 saturated heterocycles. The topological polar surface area (TPSA) is 44.9 Å².